The smallest absolute Gasteiger partial charge is 0.0736 e. The molecule has 0 radical (unpaired) electrons. The molecular formula is C17H16ClN3. The average Bonchev–Trinajstić information content (AvgIpc) is 2.50. The molecule has 3 aromatic carbocycles. The molecule has 0 saturated carbocycles. The van der Waals surface area contributed by atoms with Crippen molar-refractivity contribution in [3.63, 3.8) is 0 Å². The third-order valence-corrected chi connectivity index (χ3v) is 3.90. The molecule has 0 aliphatic heterocycles. The Bertz CT molecular complexity index is 781. The van der Waals surface area contributed by atoms with Crippen LogP contribution in [-0.4, -0.2) is 0 Å². The number of fused-ring (bicyclic) bond motifs is 1. The first-order valence-corrected chi connectivity index (χ1v) is 7.07. The van der Waals surface area contributed by atoms with Crippen molar-refractivity contribution < 1.29 is 0 Å². The molecule has 1 unspecified atom stereocenters. The van der Waals surface area contributed by atoms with Crippen LogP contribution in [0.5, 0.6) is 0 Å². The van der Waals surface area contributed by atoms with Crippen LogP contribution in [0, 0.1) is 0 Å². The second kappa shape index (κ2) is 5.74. The van der Waals surface area contributed by atoms with Gasteiger partial charge in [-0.2, -0.15) is 0 Å². The molecule has 0 saturated heterocycles. The Kier molecular flexibility index (Phi) is 3.80. The molecule has 0 spiro atoms. The molecule has 1 atom stereocenters. The number of halogens is 1. The first-order chi connectivity index (χ1) is 10.2. The van der Waals surface area contributed by atoms with Crippen LogP contribution in [0.3, 0.4) is 0 Å². The Balaban J connectivity index is 2.18. The van der Waals surface area contributed by atoms with E-state index >= 15 is 0 Å². The van der Waals surface area contributed by atoms with E-state index in [1.807, 2.05) is 30.3 Å². The topological polar surface area (TPSA) is 64.1 Å². The van der Waals surface area contributed by atoms with Crippen LogP contribution in [0.15, 0.2) is 60.7 Å². The highest BCUT2D eigenvalue weighted by molar-refractivity contribution is 6.30. The van der Waals surface area contributed by atoms with Crippen molar-refractivity contribution in [2.24, 2.45) is 5.84 Å². The first-order valence-electron chi connectivity index (χ1n) is 6.69. The summed E-state index contributed by atoms with van der Waals surface area (Å²) < 4.78 is 0. The second-order valence-electron chi connectivity index (χ2n) is 4.94. The van der Waals surface area contributed by atoms with Crippen LogP contribution in [0.4, 0.5) is 5.69 Å². The summed E-state index contributed by atoms with van der Waals surface area (Å²) in [4.78, 5) is 0. The zero-order valence-electron chi connectivity index (χ0n) is 11.4. The van der Waals surface area contributed by atoms with Gasteiger partial charge in [0.1, 0.15) is 0 Å². The van der Waals surface area contributed by atoms with Gasteiger partial charge in [0.15, 0.2) is 0 Å². The summed E-state index contributed by atoms with van der Waals surface area (Å²) in [6, 6.07) is 19.6. The van der Waals surface area contributed by atoms with Gasteiger partial charge < -0.3 is 5.73 Å². The monoisotopic (exact) mass is 297 g/mol. The van der Waals surface area contributed by atoms with Gasteiger partial charge in [-0.25, -0.2) is 5.43 Å². The molecule has 3 aromatic rings. The third kappa shape index (κ3) is 2.59. The standard InChI is InChI=1S/C17H16ClN3/c18-12-8-9-15(16(19)10-12)17(21-20)14-7-3-5-11-4-1-2-6-13(11)14/h1-10,17,21H,19-20H2. The van der Waals surface area contributed by atoms with Crippen molar-refractivity contribution in [1.29, 1.82) is 0 Å². The lowest BCUT2D eigenvalue weighted by Gasteiger charge is -2.20. The molecular weight excluding hydrogens is 282 g/mol. The minimum Gasteiger partial charge on any atom is -0.398 e. The van der Waals surface area contributed by atoms with Crippen molar-refractivity contribution in [3.05, 3.63) is 76.8 Å². The highest BCUT2D eigenvalue weighted by Crippen LogP contribution is 2.32. The minimum atomic E-state index is -0.187. The van der Waals surface area contributed by atoms with Crippen LogP contribution >= 0.6 is 11.6 Å². The molecule has 0 amide bonds. The van der Waals surface area contributed by atoms with Crippen molar-refractivity contribution >= 4 is 28.1 Å². The molecule has 3 nitrogen and oxygen atoms in total. The Morgan fingerprint density at radius 1 is 0.905 bits per heavy atom. The van der Waals surface area contributed by atoms with Gasteiger partial charge in [-0.15, -0.1) is 0 Å². The molecule has 0 heterocycles. The van der Waals surface area contributed by atoms with E-state index in [-0.39, 0.29) is 6.04 Å². The quantitative estimate of drug-likeness (QED) is 0.393. The molecule has 5 N–H and O–H groups in total. The number of hydrogen-bond acceptors (Lipinski definition) is 3. The largest absolute Gasteiger partial charge is 0.398 e. The Hall–Kier alpha value is -2.07. The average molecular weight is 298 g/mol. The van der Waals surface area contributed by atoms with Gasteiger partial charge in [0.2, 0.25) is 0 Å². The first kappa shape index (κ1) is 13.9. The molecule has 106 valence electrons. The zero-order chi connectivity index (χ0) is 14.8. The van der Waals surface area contributed by atoms with Crippen molar-refractivity contribution in [3.8, 4) is 0 Å². The lowest BCUT2D eigenvalue weighted by Crippen LogP contribution is -2.29. The number of hydrazine groups is 1. The van der Waals surface area contributed by atoms with E-state index in [1.165, 1.54) is 5.39 Å². The molecule has 4 heteroatoms. The minimum absolute atomic E-state index is 0.187. The molecule has 0 bridgehead atoms. The summed E-state index contributed by atoms with van der Waals surface area (Å²) in [5.74, 6) is 5.80. The fraction of sp³-hybridized carbons (Fsp3) is 0.0588. The summed E-state index contributed by atoms with van der Waals surface area (Å²) in [7, 11) is 0. The van der Waals surface area contributed by atoms with Gasteiger partial charge in [-0.05, 0) is 34.0 Å². The van der Waals surface area contributed by atoms with E-state index in [0.717, 1.165) is 16.5 Å². The molecule has 0 aliphatic rings. The SMILES string of the molecule is NNC(c1ccc(Cl)cc1N)c1cccc2ccccc12. The second-order valence-corrected chi connectivity index (χ2v) is 5.38. The van der Waals surface area contributed by atoms with Gasteiger partial charge in [0, 0.05) is 10.7 Å². The molecule has 0 fully saturated rings. The van der Waals surface area contributed by atoms with Gasteiger partial charge in [0.05, 0.1) is 6.04 Å². The number of anilines is 1. The summed E-state index contributed by atoms with van der Waals surface area (Å²) in [5, 5.41) is 2.94. The van der Waals surface area contributed by atoms with E-state index in [1.54, 1.807) is 6.07 Å². The maximum Gasteiger partial charge on any atom is 0.0736 e. The lowest BCUT2D eigenvalue weighted by atomic mass is 9.93. The summed E-state index contributed by atoms with van der Waals surface area (Å²) in [5.41, 5.74) is 11.6. The van der Waals surface area contributed by atoms with Gasteiger partial charge in [-0.1, -0.05) is 60.1 Å². The van der Waals surface area contributed by atoms with Crippen LogP contribution in [0.2, 0.25) is 5.02 Å². The van der Waals surface area contributed by atoms with E-state index in [2.05, 4.69) is 29.7 Å². The number of hydrogen-bond donors (Lipinski definition) is 3. The molecule has 21 heavy (non-hydrogen) atoms. The maximum atomic E-state index is 6.10. The molecule has 3 rings (SSSR count). The summed E-state index contributed by atoms with van der Waals surface area (Å²) in [6.45, 7) is 0. The van der Waals surface area contributed by atoms with Crippen LogP contribution in [-0.2, 0) is 0 Å². The summed E-state index contributed by atoms with van der Waals surface area (Å²) >= 11 is 5.97. The van der Waals surface area contributed by atoms with Crippen molar-refractivity contribution in [2.45, 2.75) is 6.04 Å². The number of benzene rings is 3. The number of nitrogen functional groups attached to an aromatic ring is 1. The molecule has 0 aromatic heterocycles. The molecule has 0 aliphatic carbocycles. The maximum absolute atomic E-state index is 6.10. The van der Waals surface area contributed by atoms with Crippen molar-refractivity contribution in [2.75, 3.05) is 5.73 Å². The number of nitrogens with two attached hydrogens (primary N) is 2. The predicted molar refractivity (Wildman–Crippen MR) is 89.0 cm³/mol. The highest BCUT2D eigenvalue weighted by Gasteiger charge is 2.17. The Morgan fingerprint density at radius 3 is 2.43 bits per heavy atom. The van der Waals surface area contributed by atoms with Crippen molar-refractivity contribution in [1.82, 2.24) is 5.43 Å². The van der Waals surface area contributed by atoms with Gasteiger partial charge in [0.25, 0.3) is 0 Å². The highest BCUT2D eigenvalue weighted by atomic mass is 35.5. The zero-order valence-corrected chi connectivity index (χ0v) is 12.1. The number of nitrogens with one attached hydrogen (secondary N) is 1. The predicted octanol–water partition coefficient (Wildman–Crippen LogP) is 3.63. The van der Waals surface area contributed by atoms with Gasteiger partial charge in [-0.3, -0.25) is 5.84 Å². The van der Waals surface area contributed by atoms with E-state index < -0.39 is 0 Å². The lowest BCUT2D eigenvalue weighted by molar-refractivity contribution is 0.642. The fourth-order valence-electron chi connectivity index (χ4n) is 2.66. The Morgan fingerprint density at radius 2 is 1.67 bits per heavy atom. The van der Waals surface area contributed by atoms with Crippen LogP contribution < -0.4 is 17.0 Å². The van der Waals surface area contributed by atoms with E-state index in [9.17, 15) is 0 Å². The normalized spacial score (nSPS) is 12.5. The fourth-order valence-corrected chi connectivity index (χ4v) is 2.84. The van der Waals surface area contributed by atoms with Gasteiger partial charge >= 0.3 is 0 Å². The van der Waals surface area contributed by atoms with E-state index in [0.29, 0.717) is 10.7 Å². The summed E-state index contributed by atoms with van der Waals surface area (Å²) in [6.07, 6.45) is 0. The number of rotatable bonds is 3. The van der Waals surface area contributed by atoms with Crippen LogP contribution in [0.1, 0.15) is 17.2 Å². The third-order valence-electron chi connectivity index (χ3n) is 3.66. The van der Waals surface area contributed by atoms with Crippen LogP contribution in [0.25, 0.3) is 10.8 Å². The Labute approximate surface area is 128 Å². The van der Waals surface area contributed by atoms with E-state index in [4.69, 9.17) is 23.2 Å².